The monoisotopic (exact) mass is 1570 g/mol. The zero-order chi connectivity index (χ0) is 79.4. The second-order valence-electron chi connectivity index (χ2n) is 28.6. The summed E-state index contributed by atoms with van der Waals surface area (Å²) < 4.78 is 61.2. The van der Waals surface area contributed by atoms with Crippen molar-refractivity contribution < 1.29 is 75.8 Å². The summed E-state index contributed by atoms with van der Waals surface area (Å²) in [5, 5.41) is 20.7. The van der Waals surface area contributed by atoms with Crippen molar-refractivity contribution in [2.24, 2.45) is 0 Å². The lowest BCUT2D eigenvalue weighted by atomic mass is 10.0. The minimum absolute atomic E-state index is 0.0866. The summed E-state index contributed by atoms with van der Waals surface area (Å²) in [5.41, 5.74) is 0. The molecule has 0 bridgehead atoms. The number of unbranched alkanes of at least 4 members (excludes halogenated alkanes) is 34. The van der Waals surface area contributed by atoms with Crippen LogP contribution in [0.2, 0.25) is 0 Å². The summed E-state index contributed by atoms with van der Waals surface area (Å²) in [7, 11) is -9.80. The van der Waals surface area contributed by atoms with Crippen molar-refractivity contribution in [1.82, 2.24) is 0 Å². The van der Waals surface area contributed by atoms with E-state index in [1.165, 1.54) is 128 Å². The van der Waals surface area contributed by atoms with Crippen LogP contribution in [0.5, 0.6) is 0 Å². The van der Waals surface area contributed by atoms with E-state index in [1.54, 1.807) is 0 Å². The highest BCUT2D eigenvalue weighted by atomic mass is 31.2. The molecule has 0 saturated carbocycles. The van der Waals surface area contributed by atoms with Crippen molar-refractivity contribution in [2.75, 3.05) is 39.6 Å². The molecule has 0 fully saturated rings. The number of aliphatic hydroxyl groups is 2. The first kappa shape index (κ1) is 104. The standard InChI is InChI=1S/C91H156O16P2/c1-4-7-10-13-16-19-22-25-27-29-31-33-35-37-39-41-42-44-46-47-49-51-53-55-57-60-62-65-68-71-74-77-89(94)101-80-86(92)81-103-108(97,98)104-82-87(93)83-105-109(99,100)106-85-88(107-91(96)79-76-73-70-67-64-59-24-21-18-15-12-9-6-3)84-102-90(95)78-75-72-69-66-63-61-58-56-54-52-50-48-45-43-40-38-36-34-32-30-28-26-23-20-17-14-11-8-5-2/h7,10,12,15-17,19-21,24-28,31-34,37-40,42,44,86-88,92-93H,4-6,8-9,11,13-14,18,22-23,29-30,35-36,41,43,45-85H2,1-3H3,(H,97,98)(H,99,100)/b10-7-,15-12-,19-16-,20-17-,24-21-,27-25-,28-26-,33-31-,34-32-,39-37-,40-38-,44-42-. The average Bonchev–Trinajstić information content (AvgIpc) is 0.916. The van der Waals surface area contributed by atoms with E-state index in [-0.39, 0.29) is 19.3 Å². The molecule has 0 heterocycles. The van der Waals surface area contributed by atoms with Gasteiger partial charge in [-0.05, 0) is 141 Å². The molecule has 626 valence electrons. The van der Waals surface area contributed by atoms with Gasteiger partial charge in [0.2, 0.25) is 0 Å². The van der Waals surface area contributed by atoms with Crippen LogP contribution in [-0.4, -0.2) is 95.9 Å². The molecule has 0 rings (SSSR count). The van der Waals surface area contributed by atoms with Crippen molar-refractivity contribution in [1.29, 1.82) is 0 Å². The van der Waals surface area contributed by atoms with Gasteiger partial charge in [-0.1, -0.05) is 340 Å². The lowest BCUT2D eigenvalue weighted by Gasteiger charge is -2.21. The lowest BCUT2D eigenvalue weighted by molar-refractivity contribution is -0.161. The quantitative estimate of drug-likeness (QED) is 0.0146. The Morgan fingerprint density at radius 3 is 0.807 bits per heavy atom. The highest BCUT2D eigenvalue weighted by Crippen LogP contribution is 2.45. The predicted octanol–water partition coefficient (Wildman–Crippen LogP) is 26.0. The number of ether oxygens (including phenoxy) is 3. The number of allylic oxidation sites excluding steroid dienone is 24. The molecule has 4 N–H and O–H groups in total. The van der Waals surface area contributed by atoms with Gasteiger partial charge in [0, 0.05) is 19.3 Å². The van der Waals surface area contributed by atoms with Gasteiger partial charge in [0.05, 0.1) is 26.4 Å². The van der Waals surface area contributed by atoms with Gasteiger partial charge in [0.25, 0.3) is 0 Å². The van der Waals surface area contributed by atoms with Crippen LogP contribution in [0.25, 0.3) is 0 Å². The molecule has 0 aromatic rings. The molecular formula is C91H156O16P2. The number of phosphoric ester groups is 2. The normalized spacial score (nSPS) is 14.6. The van der Waals surface area contributed by atoms with Crippen LogP contribution in [0.4, 0.5) is 0 Å². The van der Waals surface area contributed by atoms with Crippen molar-refractivity contribution >= 4 is 33.6 Å². The maximum Gasteiger partial charge on any atom is 0.472 e. The average molecular weight is 1570 g/mol. The summed E-state index contributed by atoms with van der Waals surface area (Å²) in [6.07, 6.45) is 103. The fourth-order valence-corrected chi connectivity index (χ4v) is 13.1. The molecule has 0 aromatic carbocycles. The molecule has 0 aliphatic heterocycles. The van der Waals surface area contributed by atoms with E-state index >= 15 is 0 Å². The first-order chi connectivity index (χ1) is 53.2. The number of carbonyl (C=O) groups is 3. The van der Waals surface area contributed by atoms with E-state index in [0.717, 1.165) is 167 Å². The third kappa shape index (κ3) is 84.2. The van der Waals surface area contributed by atoms with Crippen molar-refractivity contribution in [3.63, 3.8) is 0 Å². The number of hydrogen-bond donors (Lipinski definition) is 4. The summed E-state index contributed by atoms with van der Waals surface area (Å²) in [4.78, 5) is 58.7. The Morgan fingerprint density at radius 1 is 0.266 bits per heavy atom. The van der Waals surface area contributed by atoms with Crippen LogP contribution in [-0.2, 0) is 55.8 Å². The number of esters is 3. The molecule has 16 nitrogen and oxygen atoms in total. The molecule has 0 radical (unpaired) electrons. The van der Waals surface area contributed by atoms with Gasteiger partial charge >= 0.3 is 33.6 Å². The van der Waals surface area contributed by atoms with Gasteiger partial charge in [-0.15, -0.1) is 0 Å². The Kier molecular flexibility index (Phi) is 79.4. The fraction of sp³-hybridized carbons (Fsp3) is 0.703. The zero-order valence-electron chi connectivity index (χ0n) is 68.7. The van der Waals surface area contributed by atoms with Crippen molar-refractivity contribution in [3.05, 3.63) is 146 Å². The van der Waals surface area contributed by atoms with Gasteiger partial charge in [-0.3, -0.25) is 32.5 Å². The molecule has 5 unspecified atom stereocenters. The second-order valence-corrected chi connectivity index (χ2v) is 31.5. The maximum absolute atomic E-state index is 13.0. The molecule has 0 aromatic heterocycles. The number of rotatable bonds is 81. The Morgan fingerprint density at radius 2 is 0.505 bits per heavy atom. The first-order valence-corrected chi connectivity index (χ1v) is 46.1. The van der Waals surface area contributed by atoms with Crippen LogP contribution in [0.15, 0.2) is 146 Å². The molecule has 5 atom stereocenters. The molecule has 0 aliphatic carbocycles. The highest BCUT2D eigenvalue weighted by Gasteiger charge is 2.29. The van der Waals surface area contributed by atoms with E-state index in [1.807, 2.05) is 0 Å². The highest BCUT2D eigenvalue weighted by molar-refractivity contribution is 7.47. The Bertz CT molecular complexity index is 2560. The largest absolute Gasteiger partial charge is 0.472 e. The second kappa shape index (κ2) is 82.9. The molecule has 0 amide bonds. The van der Waals surface area contributed by atoms with Crippen LogP contribution in [0, 0.1) is 0 Å². The van der Waals surface area contributed by atoms with E-state index < -0.39 is 91.5 Å². The third-order valence-electron chi connectivity index (χ3n) is 18.0. The van der Waals surface area contributed by atoms with E-state index in [2.05, 4.69) is 167 Å². The Labute approximate surface area is 664 Å². The van der Waals surface area contributed by atoms with Gasteiger partial charge in [0.1, 0.15) is 25.4 Å². The number of carbonyl (C=O) groups excluding carboxylic acids is 3. The van der Waals surface area contributed by atoms with E-state index in [9.17, 15) is 43.5 Å². The molecule has 109 heavy (non-hydrogen) atoms. The summed E-state index contributed by atoms with van der Waals surface area (Å²) in [6, 6.07) is 0. The first-order valence-electron chi connectivity index (χ1n) is 43.1. The maximum atomic E-state index is 13.0. The van der Waals surface area contributed by atoms with Crippen LogP contribution < -0.4 is 0 Å². The smallest absolute Gasteiger partial charge is 0.463 e. The topological polar surface area (TPSA) is 231 Å². The van der Waals surface area contributed by atoms with Crippen LogP contribution >= 0.6 is 15.6 Å². The summed E-state index contributed by atoms with van der Waals surface area (Å²) in [5.74, 6) is -1.59. The van der Waals surface area contributed by atoms with Crippen LogP contribution in [0.3, 0.4) is 0 Å². The number of phosphoric acid groups is 2. The van der Waals surface area contributed by atoms with Crippen molar-refractivity contribution in [3.8, 4) is 0 Å². The Hall–Kier alpha value is -4.57. The minimum Gasteiger partial charge on any atom is -0.463 e. The predicted molar refractivity (Wildman–Crippen MR) is 454 cm³/mol. The minimum atomic E-state index is -4.94. The summed E-state index contributed by atoms with van der Waals surface area (Å²) in [6.45, 7) is 2.48. The van der Waals surface area contributed by atoms with Gasteiger partial charge in [0.15, 0.2) is 6.10 Å². The molecular weight excluding hydrogens is 1410 g/mol. The molecule has 18 heteroatoms. The fourth-order valence-electron chi connectivity index (χ4n) is 11.5. The van der Waals surface area contributed by atoms with E-state index in [4.69, 9.17) is 32.3 Å². The molecule has 0 spiro atoms. The molecule has 0 saturated heterocycles. The van der Waals surface area contributed by atoms with Gasteiger partial charge in [-0.2, -0.15) is 0 Å². The Balaban J connectivity index is 4.46. The zero-order valence-corrected chi connectivity index (χ0v) is 70.5. The third-order valence-corrected chi connectivity index (χ3v) is 19.9. The van der Waals surface area contributed by atoms with Gasteiger partial charge in [-0.25, -0.2) is 9.13 Å². The molecule has 0 aliphatic rings. The lowest BCUT2D eigenvalue weighted by Crippen LogP contribution is -2.30. The van der Waals surface area contributed by atoms with Gasteiger partial charge < -0.3 is 34.2 Å². The summed E-state index contributed by atoms with van der Waals surface area (Å²) >= 11 is 0. The number of aliphatic hydroxyl groups excluding tert-OH is 2. The van der Waals surface area contributed by atoms with E-state index in [0.29, 0.717) is 19.3 Å². The van der Waals surface area contributed by atoms with Crippen LogP contribution in [0.1, 0.15) is 355 Å². The number of hydrogen-bond acceptors (Lipinski definition) is 14. The van der Waals surface area contributed by atoms with Crippen molar-refractivity contribution in [2.45, 2.75) is 373 Å². The SMILES string of the molecule is CC/C=C\C/C=C\C/C=C\C/C=C\C/C=C\C/C=C\CCCCCCCCCCCCCCC(=O)OCC(O)COP(=O)(O)OCC(O)COP(=O)(O)OCC(COC(=O)CCCCCCCCCCCCCCC/C=C\C/C=C\C/C=C\C/C=C\CCCCC)OC(=O)CCCCCCC/C=C\C/C=C\CCC.